The molecule has 3 N–H and O–H groups in total. The molecule has 1 aromatic heterocycles. The van der Waals surface area contributed by atoms with E-state index in [4.69, 9.17) is 0 Å². The van der Waals surface area contributed by atoms with E-state index in [2.05, 4.69) is 20.8 Å². The van der Waals surface area contributed by atoms with Crippen LogP contribution >= 0.6 is 0 Å². The van der Waals surface area contributed by atoms with Crippen molar-refractivity contribution in [3.8, 4) is 0 Å². The quantitative estimate of drug-likeness (QED) is 0.780. The molecule has 0 spiro atoms. The average molecular weight is 262 g/mol. The number of carbonyl (C=O) groups is 1. The van der Waals surface area contributed by atoms with Crippen LogP contribution in [0, 0.1) is 5.92 Å². The number of hydrogen-bond acceptors (Lipinski definition) is 3. The van der Waals surface area contributed by atoms with Crippen LogP contribution in [0.15, 0.2) is 6.20 Å². The lowest BCUT2D eigenvalue weighted by atomic mass is 9.95. The largest absolute Gasteiger partial charge is 0.323 e. The molecule has 19 heavy (non-hydrogen) atoms. The molecule has 1 saturated heterocycles. The fraction of sp³-hybridized carbons (Fsp3) is 0.714. The van der Waals surface area contributed by atoms with E-state index in [-0.39, 0.29) is 11.8 Å². The van der Waals surface area contributed by atoms with Crippen molar-refractivity contribution in [2.75, 3.05) is 18.4 Å². The molecule has 1 aliphatic carbocycles. The number of amides is 1. The van der Waals surface area contributed by atoms with Gasteiger partial charge in [0, 0.05) is 18.4 Å². The Bertz CT molecular complexity index is 430. The van der Waals surface area contributed by atoms with Crippen molar-refractivity contribution in [1.29, 1.82) is 0 Å². The molecule has 5 heteroatoms. The number of hydrogen-bond donors (Lipinski definition) is 3. The summed E-state index contributed by atoms with van der Waals surface area (Å²) in [4.78, 5) is 12.2. The number of anilines is 1. The molecule has 1 aromatic rings. The highest BCUT2D eigenvalue weighted by Crippen LogP contribution is 2.30. The molecule has 1 amide bonds. The van der Waals surface area contributed by atoms with Crippen LogP contribution in [-0.2, 0) is 4.79 Å². The number of rotatable bonds is 3. The molecule has 3 rings (SSSR count). The van der Waals surface area contributed by atoms with Gasteiger partial charge < -0.3 is 10.6 Å². The first-order valence-electron chi connectivity index (χ1n) is 7.39. The van der Waals surface area contributed by atoms with Crippen LogP contribution in [0.3, 0.4) is 0 Å². The SMILES string of the molecule is O=C(Nc1cn[nH]c1C1CCCNC1)C1CCCC1. The van der Waals surface area contributed by atoms with Gasteiger partial charge in [-0.3, -0.25) is 9.89 Å². The minimum Gasteiger partial charge on any atom is -0.323 e. The molecule has 2 fully saturated rings. The molecule has 1 saturated carbocycles. The van der Waals surface area contributed by atoms with Gasteiger partial charge in [-0.2, -0.15) is 5.10 Å². The van der Waals surface area contributed by atoms with Gasteiger partial charge in [0.2, 0.25) is 5.91 Å². The predicted octanol–water partition coefficient (Wildman–Crippen LogP) is 2.01. The summed E-state index contributed by atoms with van der Waals surface area (Å²) in [5.41, 5.74) is 1.96. The number of nitrogens with one attached hydrogen (secondary N) is 3. The summed E-state index contributed by atoms with van der Waals surface area (Å²) < 4.78 is 0. The first-order chi connectivity index (χ1) is 9.34. The molecule has 1 aliphatic heterocycles. The Balaban J connectivity index is 1.67. The smallest absolute Gasteiger partial charge is 0.227 e. The number of carbonyl (C=O) groups excluding carboxylic acids is 1. The Morgan fingerprint density at radius 2 is 2.11 bits per heavy atom. The molecular weight excluding hydrogens is 240 g/mol. The zero-order valence-electron chi connectivity index (χ0n) is 11.2. The number of nitrogens with zero attached hydrogens (tertiary/aromatic N) is 1. The molecule has 0 bridgehead atoms. The lowest BCUT2D eigenvalue weighted by Crippen LogP contribution is -2.29. The Morgan fingerprint density at radius 1 is 1.26 bits per heavy atom. The summed E-state index contributed by atoms with van der Waals surface area (Å²) >= 11 is 0. The molecule has 0 aromatic carbocycles. The summed E-state index contributed by atoms with van der Waals surface area (Å²) in [7, 11) is 0. The van der Waals surface area contributed by atoms with Crippen LogP contribution < -0.4 is 10.6 Å². The Labute approximate surface area is 113 Å². The maximum atomic E-state index is 12.2. The second kappa shape index (κ2) is 5.74. The maximum absolute atomic E-state index is 12.2. The lowest BCUT2D eigenvalue weighted by molar-refractivity contribution is -0.119. The highest BCUT2D eigenvalue weighted by Gasteiger charge is 2.25. The third-order valence-electron chi connectivity index (χ3n) is 4.36. The van der Waals surface area contributed by atoms with Gasteiger partial charge in [0.15, 0.2) is 0 Å². The molecule has 2 aliphatic rings. The molecule has 2 heterocycles. The van der Waals surface area contributed by atoms with Crippen molar-refractivity contribution >= 4 is 11.6 Å². The van der Waals surface area contributed by atoms with E-state index in [1.807, 2.05) is 0 Å². The van der Waals surface area contributed by atoms with Gasteiger partial charge in [0.25, 0.3) is 0 Å². The van der Waals surface area contributed by atoms with Crippen LogP contribution in [0.4, 0.5) is 5.69 Å². The van der Waals surface area contributed by atoms with Gasteiger partial charge in [-0.1, -0.05) is 12.8 Å². The Kier molecular flexibility index (Phi) is 3.82. The summed E-state index contributed by atoms with van der Waals surface area (Å²) in [6.07, 6.45) is 8.51. The van der Waals surface area contributed by atoms with Crippen molar-refractivity contribution in [2.24, 2.45) is 5.92 Å². The fourth-order valence-corrected chi connectivity index (χ4v) is 3.23. The first kappa shape index (κ1) is 12.7. The standard InChI is InChI=1S/C14H22N4O/c19-14(10-4-1-2-5-10)17-12-9-16-18-13(12)11-6-3-7-15-8-11/h9-11,15H,1-8H2,(H,16,18)(H,17,19). The highest BCUT2D eigenvalue weighted by atomic mass is 16.1. The average Bonchev–Trinajstić information content (AvgIpc) is 3.11. The van der Waals surface area contributed by atoms with E-state index in [0.717, 1.165) is 43.7 Å². The van der Waals surface area contributed by atoms with Crippen molar-refractivity contribution in [1.82, 2.24) is 15.5 Å². The normalized spacial score (nSPS) is 24.5. The van der Waals surface area contributed by atoms with Gasteiger partial charge in [-0.05, 0) is 32.2 Å². The van der Waals surface area contributed by atoms with Crippen molar-refractivity contribution in [3.05, 3.63) is 11.9 Å². The molecule has 104 valence electrons. The Hall–Kier alpha value is -1.36. The van der Waals surface area contributed by atoms with Crippen LogP contribution in [0.1, 0.15) is 50.1 Å². The van der Waals surface area contributed by atoms with E-state index in [1.165, 1.54) is 19.3 Å². The third-order valence-corrected chi connectivity index (χ3v) is 4.36. The van der Waals surface area contributed by atoms with E-state index in [1.54, 1.807) is 6.20 Å². The monoisotopic (exact) mass is 262 g/mol. The fourth-order valence-electron chi connectivity index (χ4n) is 3.23. The molecule has 0 radical (unpaired) electrons. The minimum absolute atomic E-state index is 0.170. The lowest BCUT2D eigenvalue weighted by Gasteiger charge is -2.23. The van der Waals surface area contributed by atoms with Crippen LogP contribution in [0.25, 0.3) is 0 Å². The minimum atomic E-state index is 0.170. The van der Waals surface area contributed by atoms with E-state index in [9.17, 15) is 4.79 Å². The third kappa shape index (κ3) is 2.81. The summed E-state index contributed by atoms with van der Waals surface area (Å²) in [5, 5.41) is 13.6. The predicted molar refractivity (Wildman–Crippen MR) is 74.0 cm³/mol. The summed E-state index contributed by atoms with van der Waals surface area (Å²) in [5.74, 6) is 0.811. The zero-order valence-corrected chi connectivity index (χ0v) is 11.2. The van der Waals surface area contributed by atoms with Crippen molar-refractivity contribution in [3.63, 3.8) is 0 Å². The van der Waals surface area contributed by atoms with Gasteiger partial charge in [-0.15, -0.1) is 0 Å². The van der Waals surface area contributed by atoms with Crippen molar-refractivity contribution in [2.45, 2.75) is 44.4 Å². The number of piperidine rings is 1. The second-order valence-corrected chi connectivity index (χ2v) is 5.71. The molecule has 5 nitrogen and oxygen atoms in total. The first-order valence-corrected chi connectivity index (χ1v) is 7.39. The van der Waals surface area contributed by atoms with Gasteiger partial charge >= 0.3 is 0 Å². The van der Waals surface area contributed by atoms with Gasteiger partial charge in [0.1, 0.15) is 0 Å². The van der Waals surface area contributed by atoms with Crippen LogP contribution in [0.5, 0.6) is 0 Å². The van der Waals surface area contributed by atoms with E-state index < -0.39 is 0 Å². The zero-order chi connectivity index (χ0) is 13.1. The molecule has 1 atom stereocenters. The summed E-state index contributed by atoms with van der Waals surface area (Å²) in [6.45, 7) is 2.06. The van der Waals surface area contributed by atoms with Gasteiger partial charge in [0.05, 0.1) is 17.6 Å². The second-order valence-electron chi connectivity index (χ2n) is 5.71. The topological polar surface area (TPSA) is 69.8 Å². The van der Waals surface area contributed by atoms with Crippen LogP contribution in [-0.4, -0.2) is 29.2 Å². The maximum Gasteiger partial charge on any atom is 0.227 e. The van der Waals surface area contributed by atoms with Crippen LogP contribution in [0.2, 0.25) is 0 Å². The van der Waals surface area contributed by atoms with Crippen molar-refractivity contribution < 1.29 is 4.79 Å². The highest BCUT2D eigenvalue weighted by molar-refractivity contribution is 5.93. The van der Waals surface area contributed by atoms with E-state index >= 15 is 0 Å². The number of H-pyrrole nitrogens is 1. The Morgan fingerprint density at radius 3 is 2.84 bits per heavy atom. The van der Waals surface area contributed by atoms with E-state index in [0.29, 0.717) is 5.92 Å². The number of aromatic amines is 1. The number of aromatic nitrogens is 2. The van der Waals surface area contributed by atoms with Gasteiger partial charge in [-0.25, -0.2) is 0 Å². The summed E-state index contributed by atoms with van der Waals surface area (Å²) in [6, 6.07) is 0. The molecular formula is C14H22N4O. The molecule has 1 unspecified atom stereocenters.